The molecule has 6 heteroatoms. The van der Waals surface area contributed by atoms with Gasteiger partial charge in [-0.3, -0.25) is 0 Å². The molecular formula is C35H24O2S4. The molecule has 0 aliphatic rings. The lowest BCUT2D eigenvalue weighted by atomic mass is 10.1. The van der Waals surface area contributed by atoms with Crippen LogP contribution in [0.15, 0.2) is 132 Å². The molecule has 0 fully saturated rings. The normalized spacial score (nSPS) is 12.3. The maximum Gasteiger partial charge on any atom is 0.335 e. The van der Waals surface area contributed by atoms with Gasteiger partial charge in [-0.1, -0.05) is 79.4 Å². The number of carbonyl (C=O) groups is 1. The third-order valence-corrected chi connectivity index (χ3v) is 12.4. The molecule has 7 rings (SSSR count). The molecule has 0 amide bonds. The van der Waals surface area contributed by atoms with E-state index in [1.165, 1.54) is 61.8 Å². The Kier molecular flexibility index (Phi) is 7.31. The Labute approximate surface area is 254 Å². The zero-order valence-electron chi connectivity index (χ0n) is 21.9. The Bertz CT molecular complexity index is 2050. The van der Waals surface area contributed by atoms with Crippen LogP contribution in [-0.4, -0.2) is 11.7 Å². The van der Waals surface area contributed by atoms with Gasteiger partial charge in [-0.25, -0.2) is 4.79 Å². The second-order valence-corrected chi connectivity index (χ2v) is 14.0. The van der Waals surface area contributed by atoms with Crippen molar-refractivity contribution in [3.63, 3.8) is 0 Å². The summed E-state index contributed by atoms with van der Waals surface area (Å²) in [5.74, 6) is 0.967. The van der Waals surface area contributed by atoms with Crippen molar-refractivity contribution in [1.82, 2.24) is 0 Å². The number of hydrogen-bond donors (Lipinski definition) is 0. The van der Waals surface area contributed by atoms with Gasteiger partial charge in [0.1, 0.15) is 5.75 Å². The molecule has 2 heterocycles. The average molecular weight is 605 g/mol. The zero-order chi connectivity index (χ0) is 27.8. The van der Waals surface area contributed by atoms with E-state index in [2.05, 4.69) is 104 Å². The molecule has 0 N–H and O–H groups in total. The van der Waals surface area contributed by atoms with Gasteiger partial charge in [-0.05, 0) is 42.0 Å². The summed E-state index contributed by atoms with van der Waals surface area (Å²) in [4.78, 5) is 14.3. The van der Waals surface area contributed by atoms with Gasteiger partial charge in [-0.2, -0.15) is 0 Å². The number of thioether (sulfide) groups is 2. The molecule has 2 aromatic heterocycles. The molecule has 0 radical (unpaired) electrons. The first kappa shape index (κ1) is 26.4. The predicted molar refractivity (Wildman–Crippen MR) is 180 cm³/mol. The molecule has 0 aliphatic heterocycles. The maximum absolute atomic E-state index is 11.7. The largest absolute Gasteiger partial charge is 0.423 e. The van der Waals surface area contributed by atoms with Gasteiger partial charge in [0.15, 0.2) is 0 Å². The summed E-state index contributed by atoms with van der Waals surface area (Å²) in [5, 5.41) is 5.45. The quantitative estimate of drug-likeness (QED) is 0.0746. The van der Waals surface area contributed by atoms with Crippen molar-refractivity contribution < 1.29 is 9.53 Å². The number of rotatable bonds is 8. The third kappa shape index (κ3) is 5.17. The summed E-state index contributed by atoms with van der Waals surface area (Å²) in [6, 6.07) is 38.5. The van der Waals surface area contributed by atoms with E-state index in [1.54, 1.807) is 0 Å². The van der Waals surface area contributed by atoms with Crippen molar-refractivity contribution in [3.05, 3.63) is 127 Å². The number of carbonyl (C=O) groups excluding carboxylic acids is 1. The lowest BCUT2D eigenvalue weighted by molar-refractivity contribution is -0.128. The Morgan fingerprint density at radius 2 is 1.27 bits per heavy atom. The molecule has 41 heavy (non-hydrogen) atoms. The molecule has 1 unspecified atom stereocenters. The van der Waals surface area contributed by atoms with Crippen LogP contribution in [0.25, 0.3) is 40.3 Å². The van der Waals surface area contributed by atoms with Crippen LogP contribution in [0.3, 0.4) is 0 Å². The fraction of sp³-hybridized carbons (Fsp3) is 0.0571. The summed E-state index contributed by atoms with van der Waals surface area (Å²) < 4.78 is 10.7. The fourth-order valence-electron chi connectivity index (χ4n) is 5.07. The first-order valence-electron chi connectivity index (χ1n) is 13.2. The van der Waals surface area contributed by atoms with E-state index in [4.69, 9.17) is 4.74 Å². The van der Waals surface area contributed by atoms with E-state index in [0.29, 0.717) is 5.75 Å². The number of hydrogen-bond acceptors (Lipinski definition) is 6. The van der Waals surface area contributed by atoms with Crippen molar-refractivity contribution in [2.45, 2.75) is 15.0 Å². The molecule has 2 nitrogen and oxygen atoms in total. The smallest absolute Gasteiger partial charge is 0.335 e. The average Bonchev–Trinajstić information content (AvgIpc) is 3.59. The number of benzene rings is 5. The van der Waals surface area contributed by atoms with E-state index >= 15 is 0 Å². The van der Waals surface area contributed by atoms with Gasteiger partial charge in [0.2, 0.25) is 0 Å². The minimum atomic E-state index is -0.452. The first-order valence-corrected chi connectivity index (χ1v) is 16.7. The second-order valence-electron chi connectivity index (χ2n) is 9.57. The van der Waals surface area contributed by atoms with Crippen LogP contribution in [0.5, 0.6) is 5.75 Å². The van der Waals surface area contributed by atoms with Crippen molar-refractivity contribution in [3.8, 4) is 5.75 Å². The van der Waals surface area contributed by atoms with Gasteiger partial charge < -0.3 is 4.74 Å². The SMILES string of the molecule is C=CC(=O)Oc1ccc(C(CSc2cccc3c2sc2ccccc23)Sc2cccc3c2sc2ccccc23)cc1. The molecule has 0 bridgehead atoms. The zero-order valence-corrected chi connectivity index (χ0v) is 25.2. The van der Waals surface area contributed by atoms with Gasteiger partial charge in [0.25, 0.3) is 0 Å². The maximum atomic E-state index is 11.7. The van der Waals surface area contributed by atoms with E-state index in [0.717, 1.165) is 5.75 Å². The highest BCUT2D eigenvalue weighted by atomic mass is 32.2. The molecule has 0 saturated carbocycles. The fourth-order valence-corrected chi connectivity index (χ4v) is 10.3. The van der Waals surface area contributed by atoms with E-state index in [9.17, 15) is 4.79 Å². The molecule has 0 aliphatic carbocycles. The van der Waals surface area contributed by atoms with Crippen molar-refractivity contribution in [2.75, 3.05) is 5.75 Å². The number of esters is 1. The summed E-state index contributed by atoms with van der Waals surface area (Å²) in [6.45, 7) is 3.50. The lowest BCUT2D eigenvalue weighted by Gasteiger charge is -2.18. The molecule has 7 aromatic rings. The van der Waals surface area contributed by atoms with Crippen LogP contribution in [0.2, 0.25) is 0 Å². The predicted octanol–water partition coefficient (Wildman–Crippen LogP) is 11.1. The number of thiophene rings is 2. The van der Waals surface area contributed by atoms with E-state index in [1.807, 2.05) is 58.3 Å². The summed E-state index contributed by atoms with van der Waals surface area (Å²) in [5.41, 5.74) is 1.20. The summed E-state index contributed by atoms with van der Waals surface area (Å²) in [6.07, 6.45) is 1.18. The van der Waals surface area contributed by atoms with Crippen LogP contribution in [0.1, 0.15) is 10.8 Å². The van der Waals surface area contributed by atoms with Crippen LogP contribution < -0.4 is 4.74 Å². The molecule has 0 spiro atoms. The van der Waals surface area contributed by atoms with Crippen LogP contribution in [0, 0.1) is 0 Å². The van der Waals surface area contributed by atoms with Gasteiger partial charge in [-0.15, -0.1) is 46.2 Å². The number of ether oxygens (including phenoxy) is 1. The Balaban J connectivity index is 1.25. The molecular weight excluding hydrogens is 581 g/mol. The van der Waals surface area contributed by atoms with Crippen molar-refractivity contribution in [2.24, 2.45) is 0 Å². The molecule has 0 saturated heterocycles. The third-order valence-electron chi connectivity index (χ3n) is 7.03. The van der Waals surface area contributed by atoms with Crippen LogP contribution in [-0.2, 0) is 4.79 Å². The highest BCUT2D eigenvalue weighted by molar-refractivity contribution is 8.03. The first-order chi connectivity index (χ1) is 20.2. The van der Waals surface area contributed by atoms with Crippen LogP contribution in [0.4, 0.5) is 0 Å². The Morgan fingerprint density at radius 1 is 0.707 bits per heavy atom. The number of fused-ring (bicyclic) bond motifs is 6. The van der Waals surface area contributed by atoms with E-state index < -0.39 is 5.97 Å². The molecule has 1 atom stereocenters. The minimum absolute atomic E-state index is 0.185. The monoisotopic (exact) mass is 604 g/mol. The summed E-state index contributed by atoms with van der Waals surface area (Å²) in [7, 11) is 0. The van der Waals surface area contributed by atoms with Crippen molar-refractivity contribution in [1.29, 1.82) is 0 Å². The van der Waals surface area contributed by atoms with Crippen molar-refractivity contribution >= 4 is 92.5 Å². The topological polar surface area (TPSA) is 26.3 Å². The van der Waals surface area contributed by atoms with Gasteiger partial charge >= 0.3 is 5.97 Å². The lowest BCUT2D eigenvalue weighted by Crippen LogP contribution is -2.03. The van der Waals surface area contributed by atoms with E-state index in [-0.39, 0.29) is 5.25 Å². The molecule has 200 valence electrons. The standard InChI is InChI=1S/C35H24O2S4/c1-2-33(36)37-23-19-17-22(18-20-23)32(39-31-16-8-12-27-25-10-4-6-14-29(25)41-35(27)31)21-38-30-15-7-11-26-24-9-3-5-13-28(24)40-34(26)30/h2-20,32H,1,21H2. The highest BCUT2D eigenvalue weighted by Crippen LogP contribution is 2.47. The Hall–Kier alpha value is -3.55. The second kappa shape index (κ2) is 11.4. The van der Waals surface area contributed by atoms with Gasteiger partial charge in [0, 0.05) is 67.2 Å². The van der Waals surface area contributed by atoms with Gasteiger partial charge in [0.05, 0.1) is 0 Å². The van der Waals surface area contributed by atoms with Crippen LogP contribution >= 0.6 is 46.2 Å². The Morgan fingerprint density at radius 3 is 1.90 bits per heavy atom. The molecule has 5 aromatic carbocycles. The minimum Gasteiger partial charge on any atom is -0.423 e. The summed E-state index contributed by atoms with van der Waals surface area (Å²) >= 11 is 7.55. The highest BCUT2D eigenvalue weighted by Gasteiger charge is 2.19.